The predicted molar refractivity (Wildman–Crippen MR) is 104 cm³/mol. The summed E-state index contributed by atoms with van der Waals surface area (Å²) >= 11 is 0. The number of carbonyl (C=O) groups excluding carboxylic acids is 2. The first-order chi connectivity index (χ1) is 13.4. The number of hydrogen-bond donors (Lipinski definition) is 1. The quantitative estimate of drug-likeness (QED) is 0.854. The van der Waals surface area contributed by atoms with Gasteiger partial charge in [-0.2, -0.15) is 0 Å². The number of sulfone groups is 1. The van der Waals surface area contributed by atoms with E-state index < -0.39 is 9.84 Å². The molecule has 0 aliphatic carbocycles. The molecule has 2 aliphatic rings. The van der Waals surface area contributed by atoms with E-state index in [0.29, 0.717) is 25.1 Å². The Morgan fingerprint density at radius 2 is 1.79 bits per heavy atom. The molecule has 0 unspecified atom stereocenters. The van der Waals surface area contributed by atoms with E-state index in [0.717, 1.165) is 6.42 Å². The van der Waals surface area contributed by atoms with Gasteiger partial charge in [-0.15, -0.1) is 0 Å². The maximum absolute atomic E-state index is 13.1. The van der Waals surface area contributed by atoms with E-state index in [1.54, 1.807) is 47.4 Å². The second-order valence-corrected chi connectivity index (χ2v) is 9.38. The summed E-state index contributed by atoms with van der Waals surface area (Å²) in [6.45, 7) is 0.949. The van der Waals surface area contributed by atoms with Gasteiger partial charge in [0, 0.05) is 25.6 Å². The van der Waals surface area contributed by atoms with E-state index in [2.05, 4.69) is 5.32 Å². The number of piperidine rings is 1. The van der Waals surface area contributed by atoms with Gasteiger partial charge in [-0.3, -0.25) is 9.59 Å². The number of nitrogens with one attached hydrogen (secondary N) is 1. The number of carbonyl (C=O) groups is 2. The van der Waals surface area contributed by atoms with Crippen LogP contribution in [-0.2, 0) is 20.4 Å². The molecule has 4 rings (SSSR count). The molecule has 0 spiro atoms. The van der Waals surface area contributed by atoms with Crippen molar-refractivity contribution in [2.24, 2.45) is 5.92 Å². The molecular formula is C21H22N2O4S. The van der Waals surface area contributed by atoms with Gasteiger partial charge in [0.15, 0.2) is 9.84 Å². The lowest BCUT2D eigenvalue weighted by Crippen LogP contribution is -2.49. The molecule has 2 fully saturated rings. The number of likely N-dealkylation sites (tertiary alicyclic amines) is 1. The second kappa shape index (κ2) is 7.39. The van der Waals surface area contributed by atoms with Gasteiger partial charge < -0.3 is 10.2 Å². The lowest BCUT2D eigenvalue weighted by molar-refractivity contribution is -0.119. The topological polar surface area (TPSA) is 83.6 Å². The molecule has 0 bridgehead atoms. The van der Waals surface area contributed by atoms with Gasteiger partial charge >= 0.3 is 0 Å². The number of nitrogens with zero attached hydrogens (tertiary/aromatic N) is 1. The average Bonchev–Trinajstić information content (AvgIpc) is 3.07. The average molecular weight is 398 g/mol. The summed E-state index contributed by atoms with van der Waals surface area (Å²) in [7, 11) is -3.67. The first kappa shape index (κ1) is 18.7. The number of fused-ring (bicyclic) bond motifs is 1. The molecule has 2 aromatic rings. The zero-order valence-electron chi connectivity index (χ0n) is 15.4. The van der Waals surface area contributed by atoms with Crippen molar-refractivity contribution in [3.63, 3.8) is 0 Å². The summed E-state index contributed by atoms with van der Waals surface area (Å²) in [5.74, 6) is -0.172. The third kappa shape index (κ3) is 3.67. The molecule has 28 heavy (non-hydrogen) atoms. The first-order valence-corrected chi connectivity index (χ1v) is 11.0. The Morgan fingerprint density at radius 3 is 2.57 bits per heavy atom. The van der Waals surface area contributed by atoms with Gasteiger partial charge in [-0.25, -0.2) is 8.42 Å². The van der Waals surface area contributed by atoms with Crippen molar-refractivity contribution in [1.29, 1.82) is 0 Å². The van der Waals surface area contributed by atoms with Crippen molar-refractivity contribution in [1.82, 2.24) is 10.2 Å². The van der Waals surface area contributed by atoms with Gasteiger partial charge in [0.05, 0.1) is 16.2 Å². The molecule has 2 heterocycles. The predicted octanol–water partition coefficient (Wildman–Crippen LogP) is 2.01. The van der Waals surface area contributed by atoms with Gasteiger partial charge in [-0.1, -0.05) is 42.5 Å². The Balaban J connectivity index is 1.59. The molecule has 1 N–H and O–H groups in total. The fraction of sp³-hybridized carbons (Fsp3) is 0.333. The maximum atomic E-state index is 13.1. The highest BCUT2D eigenvalue weighted by Crippen LogP contribution is 2.28. The van der Waals surface area contributed by atoms with Gasteiger partial charge in [0.25, 0.3) is 5.91 Å². The fourth-order valence-corrected chi connectivity index (χ4v) is 5.62. The number of rotatable bonds is 4. The fourth-order valence-electron chi connectivity index (χ4n) is 4.05. The van der Waals surface area contributed by atoms with E-state index in [4.69, 9.17) is 0 Å². The Hall–Kier alpha value is -2.67. The Labute approximate surface area is 164 Å². The van der Waals surface area contributed by atoms with Crippen molar-refractivity contribution in [2.75, 3.05) is 13.1 Å². The van der Waals surface area contributed by atoms with Crippen LogP contribution in [0.25, 0.3) is 0 Å². The molecule has 0 radical (unpaired) electrons. The first-order valence-electron chi connectivity index (χ1n) is 9.38. The zero-order chi connectivity index (χ0) is 19.7. The van der Waals surface area contributed by atoms with Crippen molar-refractivity contribution >= 4 is 21.7 Å². The Bertz CT molecular complexity index is 1000. The molecule has 0 saturated carbocycles. The van der Waals surface area contributed by atoms with Crippen molar-refractivity contribution < 1.29 is 18.0 Å². The lowest BCUT2D eigenvalue weighted by atomic mass is 9.92. The van der Waals surface area contributed by atoms with E-state index in [1.165, 1.54) is 6.07 Å². The zero-order valence-corrected chi connectivity index (χ0v) is 16.2. The summed E-state index contributed by atoms with van der Waals surface area (Å²) in [6.07, 6.45) is 1.25. The molecule has 146 valence electrons. The molecule has 2 aromatic carbocycles. The van der Waals surface area contributed by atoms with Crippen LogP contribution in [0, 0.1) is 5.92 Å². The highest BCUT2D eigenvalue weighted by Gasteiger charge is 2.39. The van der Waals surface area contributed by atoms with Crippen LogP contribution in [0.5, 0.6) is 0 Å². The van der Waals surface area contributed by atoms with E-state index in [1.807, 2.05) is 6.07 Å². The highest BCUT2D eigenvalue weighted by atomic mass is 32.2. The summed E-state index contributed by atoms with van der Waals surface area (Å²) in [6, 6.07) is 15.3. The standard InChI is InChI=1S/C21H22N2O4S/c24-20-12-16-10-11-23(13-18(16)22-20)21(25)17-8-4-5-9-19(17)28(26,27)14-15-6-2-1-3-7-15/h1-9,16,18H,10-14H2,(H,22,24)/t16-,18-/m1/s1. The summed E-state index contributed by atoms with van der Waals surface area (Å²) in [5, 5.41) is 2.92. The Kier molecular flexibility index (Phi) is 4.93. The van der Waals surface area contributed by atoms with Gasteiger partial charge in [0.1, 0.15) is 0 Å². The van der Waals surface area contributed by atoms with Crippen molar-refractivity contribution in [3.05, 3.63) is 65.7 Å². The van der Waals surface area contributed by atoms with Crippen LogP contribution in [0.3, 0.4) is 0 Å². The van der Waals surface area contributed by atoms with Gasteiger partial charge in [-0.05, 0) is 30.0 Å². The van der Waals surface area contributed by atoms with Crippen molar-refractivity contribution in [3.8, 4) is 0 Å². The lowest BCUT2D eigenvalue weighted by Gasteiger charge is -2.34. The third-order valence-corrected chi connectivity index (χ3v) is 7.23. The Morgan fingerprint density at radius 1 is 1.07 bits per heavy atom. The van der Waals surface area contributed by atoms with Crippen LogP contribution < -0.4 is 5.32 Å². The SMILES string of the molecule is O=C1C[C@H]2CCN(C(=O)c3ccccc3S(=O)(=O)Cc3ccccc3)C[C@H]2N1. The summed E-state index contributed by atoms with van der Waals surface area (Å²) in [5.41, 5.74) is 0.875. The second-order valence-electron chi connectivity index (χ2n) is 7.42. The van der Waals surface area contributed by atoms with Crippen LogP contribution >= 0.6 is 0 Å². The van der Waals surface area contributed by atoms with Crippen LogP contribution in [0.1, 0.15) is 28.8 Å². The van der Waals surface area contributed by atoms with Crippen LogP contribution in [0.15, 0.2) is 59.5 Å². The van der Waals surface area contributed by atoms with Gasteiger partial charge in [0.2, 0.25) is 5.91 Å². The largest absolute Gasteiger partial charge is 0.351 e. The minimum Gasteiger partial charge on any atom is -0.351 e. The summed E-state index contributed by atoms with van der Waals surface area (Å²) in [4.78, 5) is 26.5. The molecule has 2 atom stereocenters. The third-order valence-electron chi connectivity index (χ3n) is 5.49. The summed E-state index contributed by atoms with van der Waals surface area (Å²) < 4.78 is 26.0. The molecule has 2 saturated heterocycles. The monoisotopic (exact) mass is 398 g/mol. The molecule has 2 aliphatic heterocycles. The van der Waals surface area contributed by atoms with Crippen LogP contribution in [0.2, 0.25) is 0 Å². The molecule has 7 heteroatoms. The molecule has 2 amide bonds. The maximum Gasteiger partial charge on any atom is 0.255 e. The number of amides is 2. The van der Waals surface area contributed by atoms with Crippen molar-refractivity contribution in [2.45, 2.75) is 29.5 Å². The molecular weight excluding hydrogens is 376 g/mol. The smallest absolute Gasteiger partial charge is 0.255 e. The minimum absolute atomic E-state index is 0.0233. The molecule has 0 aromatic heterocycles. The van der Waals surface area contributed by atoms with E-state index in [-0.39, 0.29) is 40.0 Å². The number of benzene rings is 2. The molecule has 6 nitrogen and oxygen atoms in total. The minimum atomic E-state index is -3.67. The van der Waals surface area contributed by atoms with Crippen LogP contribution in [-0.4, -0.2) is 44.3 Å². The highest BCUT2D eigenvalue weighted by molar-refractivity contribution is 7.90. The number of hydrogen-bond acceptors (Lipinski definition) is 4. The van der Waals surface area contributed by atoms with Crippen LogP contribution in [0.4, 0.5) is 0 Å². The normalized spacial score (nSPS) is 21.9. The van der Waals surface area contributed by atoms with E-state index in [9.17, 15) is 18.0 Å². The van der Waals surface area contributed by atoms with E-state index >= 15 is 0 Å².